The molecule has 0 radical (unpaired) electrons. The molecule has 0 aliphatic heterocycles. The zero-order valence-corrected chi connectivity index (χ0v) is 18.4. The van der Waals surface area contributed by atoms with Crippen molar-refractivity contribution in [2.45, 2.75) is 38.3 Å². The lowest BCUT2D eigenvalue weighted by atomic mass is 10.1. The number of fused-ring (bicyclic) bond motifs is 1. The normalized spacial score (nSPS) is 12.3. The van der Waals surface area contributed by atoms with Gasteiger partial charge in [0.25, 0.3) is 0 Å². The number of rotatable bonds is 11. The number of hydrogen-bond acceptors (Lipinski definition) is 8. The summed E-state index contributed by atoms with van der Waals surface area (Å²) in [4.78, 5) is 24.6. The maximum Gasteiger partial charge on any atom is 0.326 e. The van der Waals surface area contributed by atoms with E-state index in [1.165, 1.54) is 20.2 Å². The third kappa shape index (κ3) is 5.93. The molecule has 0 unspecified atom stereocenters. The molecule has 9 nitrogen and oxygen atoms in total. The smallest absolute Gasteiger partial charge is 0.326 e. The van der Waals surface area contributed by atoms with Crippen molar-refractivity contribution in [3.63, 3.8) is 0 Å². The third-order valence-electron chi connectivity index (χ3n) is 5.02. The van der Waals surface area contributed by atoms with Crippen molar-refractivity contribution in [1.29, 1.82) is 0 Å². The van der Waals surface area contributed by atoms with Crippen LogP contribution in [0.3, 0.4) is 0 Å². The second-order valence-corrected chi connectivity index (χ2v) is 7.25. The van der Waals surface area contributed by atoms with Crippen molar-refractivity contribution in [2.24, 2.45) is 0 Å². The summed E-state index contributed by atoms with van der Waals surface area (Å²) in [6.07, 6.45) is 0.128. The van der Waals surface area contributed by atoms with E-state index in [9.17, 15) is 18.7 Å². The van der Waals surface area contributed by atoms with Crippen LogP contribution in [0.15, 0.2) is 36.5 Å². The zero-order chi connectivity index (χ0) is 24.0. The summed E-state index contributed by atoms with van der Waals surface area (Å²) in [5, 5.41) is 15.2. The van der Waals surface area contributed by atoms with E-state index >= 15 is 0 Å². The standard InChI is InChI=1S/C22H25F2N5O4/c1-4-22(23,24)11-16(20(30)31)27-19-18-15(6-5-9-25-18)28-21(29-19)26-12-13-7-8-14(32-2)10-17(13)33-3/h5-10,16H,4,11-12H2,1-3H3,(H,30,31)(H2,26,27,28,29)/t16-/m1/s1. The first-order valence-electron chi connectivity index (χ1n) is 10.2. The molecule has 0 aliphatic carbocycles. The number of anilines is 2. The van der Waals surface area contributed by atoms with E-state index in [0.717, 1.165) is 5.56 Å². The minimum Gasteiger partial charge on any atom is -0.497 e. The Labute approximate surface area is 189 Å². The number of methoxy groups -OCH3 is 2. The van der Waals surface area contributed by atoms with Crippen molar-refractivity contribution in [1.82, 2.24) is 15.0 Å². The first kappa shape index (κ1) is 23.9. The topological polar surface area (TPSA) is 118 Å². The number of nitrogens with one attached hydrogen (secondary N) is 2. The van der Waals surface area contributed by atoms with Crippen LogP contribution >= 0.6 is 0 Å². The summed E-state index contributed by atoms with van der Waals surface area (Å²) in [6, 6.07) is 7.11. The quantitative estimate of drug-likeness (QED) is 0.390. The summed E-state index contributed by atoms with van der Waals surface area (Å²) in [7, 11) is 3.09. The molecule has 0 saturated heterocycles. The average Bonchev–Trinajstić information content (AvgIpc) is 2.82. The van der Waals surface area contributed by atoms with Crippen LogP contribution in [0.1, 0.15) is 25.3 Å². The molecule has 0 bridgehead atoms. The van der Waals surface area contributed by atoms with Gasteiger partial charge in [-0.2, -0.15) is 4.98 Å². The largest absolute Gasteiger partial charge is 0.497 e. The summed E-state index contributed by atoms with van der Waals surface area (Å²) in [5.41, 5.74) is 1.50. The zero-order valence-electron chi connectivity index (χ0n) is 18.4. The summed E-state index contributed by atoms with van der Waals surface area (Å²) in [5.74, 6) is -3.11. The molecule has 1 aromatic carbocycles. The van der Waals surface area contributed by atoms with E-state index < -0.39 is 30.8 Å². The minimum absolute atomic E-state index is 0.0455. The maximum atomic E-state index is 13.9. The fourth-order valence-electron chi connectivity index (χ4n) is 3.13. The van der Waals surface area contributed by atoms with Gasteiger partial charge in [0.15, 0.2) is 5.82 Å². The lowest BCUT2D eigenvalue weighted by molar-refractivity contribution is -0.140. The van der Waals surface area contributed by atoms with Crippen LogP contribution in [0.5, 0.6) is 11.5 Å². The van der Waals surface area contributed by atoms with E-state index in [0.29, 0.717) is 17.0 Å². The molecule has 0 fully saturated rings. The van der Waals surface area contributed by atoms with Crippen molar-refractivity contribution < 1.29 is 28.2 Å². The molecular weight excluding hydrogens is 436 g/mol. The number of nitrogens with zero attached hydrogens (tertiary/aromatic N) is 3. The first-order valence-corrected chi connectivity index (χ1v) is 10.2. The molecule has 0 amide bonds. The number of carbonyl (C=O) groups is 1. The van der Waals surface area contributed by atoms with Crippen molar-refractivity contribution >= 4 is 28.8 Å². The van der Waals surface area contributed by atoms with Gasteiger partial charge in [0.2, 0.25) is 11.9 Å². The number of benzene rings is 1. The average molecular weight is 461 g/mol. The lowest BCUT2D eigenvalue weighted by Gasteiger charge is -2.21. The third-order valence-corrected chi connectivity index (χ3v) is 5.02. The predicted octanol–water partition coefficient (Wildman–Crippen LogP) is 3.95. The van der Waals surface area contributed by atoms with E-state index in [1.807, 2.05) is 6.07 Å². The van der Waals surface area contributed by atoms with Gasteiger partial charge in [0.1, 0.15) is 23.1 Å². The van der Waals surface area contributed by atoms with Crippen molar-refractivity contribution in [3.05, 3.63) is 42.1 Å². The number of carboxylic acid groups (broad SMARTS) is 1. The summed E-state index contributed by atoms with van der Waals surface area (Å²) >= 11 is 0. The van der Waals surface area contributed by atoms with E-state index in [4.69, 9.17) is 9.47 Å². The predicted molar refractivity (Wildman–Crippen MR) is 119 cm³/mol. The van der Waals surface area contributed by atoms with Gasteiger partial charge >= 0.3 is 5.97 Å². The fourth-order valence-corrected chi connectivity index (χ4v) is 3.13. The van der Waals surface area contributed by atoms with Gasteiger partial charge in [-0.1, -0.05) is 6.92 Å². The van der Waals surface area contributed by atoms with Crippen LogP contribution in [-0.4, -0.2) is 52.2 Å². The highest BCUT2D eigenvalue weighted by Gasteiger charge is 2.34. The van der Waals surface area contributed by atoms with Crippen LogP contribution in [0.4, 0.5) is 20.5 Å². The minimum atomic E-state index is -3.14. The fraction of sp³-hybridized carbons (Fsp3) is 0.364. The number of alkyl halides is 2. The molecule has 1 atom stereocenters. The Kier molecular flexibility index (Phi) is 7.41. The number of halogens is 2. The Morgan fingerprint density at radius 3 is 2.67 bits per heavy atom. The Morgan fingerprint density at radius 2 is 2.00 bits per heavy atom. The van der Waals surface area contributed by atoms with Gasteiger partial charge in [0.05, 0.1) is 19.7 Å². The van der Waals surface area contributed by atoms with Gasteiger partial charge in [-0.3, -0.25) is 4.98 Å². The molecular formula is C22H25F2N5O4. The second-order valence-electron chi connectivity index (χ2n) is 7.25. The first-order chi connectivity index (χ1) is 15.8. The SMILES string of the molecule is CCC(F)(F)C[C@@H](Nc1nc(NCc2ccc(OC)cc2OC)nc2cccnc12)C(=O)O. The van der Waals surface area contributed by atoms with Gasteiger partial charge in [-0.25, -0.2) is 18.6 Å². The summed E-state index contributed by atoms with van der Waals surface area (Å²) in [6.45, 7) is 1.59. The number of ether oxygens (including phenoxy) is 2. The molecule has 3 N–H and O–H groups in total. The van der Waals surface area contributed by atoms with Crippen LogP contribution in [-0.2, 0) is 11.3 Å². The number of aliphatic carboxylic acids is 1. The van der Waals surface area contributed by atoms with E-state index in [1.54, 1.807) is 31.4 Å². The van der Waals surface area contributed by atoms with Gasteiger partial charge < -0.3 is 25.2 Å². The van der Waals surface area contributed by atoms with Gasteiger partial charge in [0, 0.05) is 37.2 Å². The Bertz CT molecular complexity index is 1130. The molecule has 2 heterocycles. The number of aromatic nitrogens is 3. The maximum absolute atomic E-state index is 13.9. The molecule has 3 aromatic rings. The van der Waals surface area contributed by atoms with Crippen LogP contribution in [0.25, 0.3) is 11.0 Å². The molecule has 0 aliphatic rings. The highest BCUT2D eigenvalue weighted by molar-refractivity contribution is 5.88. The molecule has 2 aromatic heterocycles. The van der Waals surface area contributed by atoms with E-state index in [-0.39, 0.29) is 23.8 Å². The molecule has 176 valence electrons. The number of hydrogen-bond donors (Lipinski definition) is 3. The summed E-state index contributed by atoms with van der Waals surface area (Å²) < 4.78 is 38.4. The highest BCUT2D eigenvalue weighted by Crippen LogP contribution is 2.28. The molecule has 0 spiro atoms. The van der Waals surface area contributed by atoms with Crippen LogP contribution < -0.4 is 20.1 Å². The van der Waals surface area contributed by atoms with Crippen LogP contribution in [0.2, 0.25) is 0 Å². The molecule has 3 rings (SSSR count). The Morgan fingerprint density at radius 1 is 1.21 bits per heavy atom. The number of pyridine rings is 1. The van der Waals surface area contributed by atoms with Crippen LogP contribution in [0, 0.1) is 0 Å². The van der Waals surface area contributed by atoms with E-state index in [2.05, 4.69) is 25.6 Å². The number of carboxylic acids is 1. The lowest BCUT2D eigenvalue weighted by Crippen LogP contribution is -2.36. The monoisotopic (exact) mass is 461 g/mol. The molecule has 11 heteroatoms. The Hall–Kier alpha value is -3.76. The van der Waals surface area contributed by atoms with Crippen molar-refractivity contribution in [3.8, 4) is 11.5 Å². The van der Waals surface area contributed by atoms with Gasteiger partial charge in [-0.05, 0) is 24.3 Å². The van der Waals surface area contributed by atoms with Crippen molar-refractivity contribution in [2.75, 3.05) is 24.9 Å². The highest BCUT2D eigenvalue weighted by atomic mass is 19.3. The Balaban J connectivity index is 1.90. The second kappa shape index (κ2) is 10.2. The molecule has 0 saturated carbocycles. The van der Waals surface area contributed by atoms with Gasteiger partial charge in [-0.15, -0.1) is 0 Å². The molecule has 33 heavy (non-hydrogen) atoms.